The van der Waals surface area contributed by atoms with Crippen LogP contribution in [-0.4, -0.2) is 18.9 Å². The molecule has 0 aliphatic rings. The fourth-order valence-electron chi connectivity index (χ4n) is 3.98. The number of methoxy groups -OCH3 is 1. The van der Waals surface area contributed by atoms with Gasteiger partial charge in [0.1, 0.15) is 11.5 Å². The summed E-state index contributed by atoms with van der Waals surface area (Å²) < 4.78 is 10.9. The average Bonchev–Trinajstić information content (AvgIpc) is 2.89. The van der Waals surface area contributed by atoms with E-state index in [0.717, 1.165) is 22.4 Å². The zero-order valence-electron chi connectivity index (χ0n) is 20.4. The highest BCUT2D eigenvalue weighted by Gasteiger charge is 2.23. The molecule has 4 aromatic carbocycles. The summed E-state index contributed by atoms with van der Waals surface area (Å²) in [5.41, 5.74) is 5.14. The number of hydrogen-bond donors (Lipinski definition) is 0. The molecule has 0 aliphatic carbocycles. The van der Waals surface area contributed by atoms with Crippen molar-refractivity contribution in [3.63, 3.8) is 0 Å². The third-order valence-corrected chi connectivity index (χ3v) is 6.34. The molecule has 35 heavy (non-hydrogen) atoms. The Morgan fingerprint density at radius 3 is 1.46 bits per heavy atom. The van der Waals surface area contributed by atoms with Crippen LogP contribution in [0, 0.1) is 0 Å². The third-order valence-electron chi connectivity index (χ3n) is 6.34. The minimum Gasteiger partial charge on any atom is -0.497 e. The Kier molecular flexibility index (Phi) is 6.83. The van der Waals surface area contributed by atoms with Crippen LogP contribution >= 0.6 is 0 Å². The van der Waals surface area contributed by atoms with Crippen molar-refractivity contribution >= 4 is 11.8 Å². The van der Waals surface area contributed by atoms with E-state index in [0.29, 0.717) is 16.9 Å². The first-order valence-corrected chi connectivity index (χ1v) is 11.5. The molecular formula is C31H28O4. The first kappa shape index (κ1) is 24.0. The van der Waals surface area contributed by atoms with Gasteiger partial charge >= 0.3 is 5.97 Å². The van der Waals surface area contributed by atoms with Gasteiger partial charge in [-0.25, -0.2) is 4.79 Å². The quantitative estimate of drug-likeness (QED) is 0.166. The van der Waals surface area contributed by atoms with E-state index in [1.165, 1.54) is 5.56 Å². The molecule has 0 amide bonds. The van der Waals surface area contributed by atoms with Gasteiger partial charge in [0, 0.05) is 11.0 Å². The second-order valence-corrected chi connectivity index (χ2v) is 8.98. The lowest BCUT2D eigenvalue weighted by atomic mass is 9.78. The van der Waals surface area contributed by atoms with Crippen molar-refractivity contribution in [3.05, 3.63) is 119 Å². The Labute approximate surface area is 206 Å². The Bertz CT molecular complexity index is 1320. The van der Waals surface area contributed by atoms with E-state index in [1.807, 2.05) is 60.7 Å². The van der Waals surface area contributed by atoms with Crippen LogP contribution in [0.25, 0.3) is 11.1 Å². The SMILES string of the molecule is COc1ccc(C(C)(C)c2ccc(OC(=O)c3ccc(-c4ccc(C(C)=O)cc4)cc3)cc2)cc1. The average molecular weight is 465 g/mol. The van der Waals surface area contributed by atoms with Gasteiger partial charge in [-0.1, -0.05) is 74.5 Å². The molecule has 0 aromatic heterocycles. The fourth-order valence-corrected chi connectivity index (χ4v) is 3.98. The van der Waals surface area contributed by atoms with Crippen LogP contribution in [0.3, 0.4) is 0 Å². The first-order valence-electron chi connectivity index (χ1n) is 11.5. The van der Waals surface area contributed by atoms with E-state index in [-0.39, 0.29) is 11.2 Å². The molecule has 0 radical (unpaired) electrons. The van der Waals surface area contributed by atoms with Gasteiger partial charge in [0.05, 0.1) is 12.7 Å². The molecule has 176 valence electrons. The lowest BCUT2D eigenvalue weighted by Gasteiger charge is -2.26. The topological polar surface area (TPSA) is 52.6 Å². The van der Waals surface area contributed by atoms with Crippen LogP contribution in [0.2, 0.25) is 0 Å². The van der Waals surface area contributed by atoms with Gasteiger partial charge in [0.2, 0.25) is 0 Å². The highest BCUT2D eigenvalue weighted by Crippen LogP contribution is 2.33. The molecule has 0 saturated carbocycles. The van der Waals surface area contributed by atoms with Crippen LogP contribution < -0.4 is 9.47 Å². The lowest BCUT2D eigenvalue weighted by Crippen LogP contribution is -2.18. The fraction of sp³-hybridized carbons (Fsp3) is 0.161. The van der Waals surface area contributed by atoms with E-state index in [4.69, 9.17) is 9.47 Å². The molecule has 4 rings (SSSR count). The van der Waals surface area contributed by atoms with Crippen molar-refractivity contribution in [2.45, 2.75) is 26.2 Å². The Morgan fingerprint density at radius 1 is 0.600 bits per heavy atom. The van der Waals surface area contributed by atoms with Crippen molar-refractivity contribution in [3.8, 4) is 22.6 Å². The van der Waals surface area contributed by atoms with Crippen molar-refractivity contribution < 1.29 is 19.1 Å². The Morgan fingerprint density at radius 2 is 1.03 bits per heavy atom. The summed E-state index contributed by atoms with van der Waals surface area (Å²) in [5.74, 6) is 0.941. The molecular weight excluding hydrogens is 436 g/mol. The van der Waals surface area contributed by atoms with Gasteiger partial charge in [-0.05, 0) is 65.6 Å². The normalized spacial score (nSPS) is 11.1. The van der Waals surface area contributed by atoms with E-state index in [9.17, 15) is 9.59 Å². The molecule has 0 fully saturated rings. The number of esters is 1. The van der Waals surface area contributed by atoms with Gasteiger partial charge in [-0.2, -0.15) is 0 Å². The molecule has 4 nitrogen and oxygen atoms in total. The van der Waals surface area contributed by atoms with E-state index >= 15 is 0 Å². The minimum atomic E-state index is -0.411. The zero-order chi connectivity index (χ0) is 25.0. The number of ketones is 1. The van der Waals surface area contributed by atoms with Crippen LogP contribution in [0.15, 0.2) is 97.1 Å². The van der Waals surface area contributed by atoms with Gasteiger partial charge in [-0.15, -0.1) is 0 Å². The second-order valence-electron chi connectivity index (χ2n) is 8.98. The maximum atomic E-state index is 12.7. The van der Waals surface area contributed by atoms with Crippen LogP contribution in [0.1, 0.15) is 52.6 Å². The van der Waals surface area contributed by atoms with E-state index in [1.54, 1.807) is 38.3 Å². The van der Waals surface area contributed by atoms with Crippen LogP contribution in [0.4, 0.5) is 0 Å². The summed E-state index contributed by atoms with van der Waals surface area (Å²) in [6.45, 7) is 5.86. The number of Topliss-reactive ketones (excluding diaryl/α,β-unsaturated/α-hetero) is 1. The summed E-state index contributed by atoms with van der Waals surface area (Å²) in [6.07, 6.45) is 0. The number of hydrogen-bond acceptors (Lipinski definition) is 4. The van der Waals surface area contributed by atoms with Crippen LogP contribution in [0.5, 0.6) is 11.5 Å². The standard InChI is InChI=1S/C31H28O4/c1-21(32)22-5-7-23(8-6-22)24-9-11-25(12-10-24)30(33)35-29-19-15-27(16-20-29)31(2,3)26-13-17-28(34-4)18-14-26/h5-20H,1-4H3. The summed E-state index contributed by atoms with van der Waals surface area (Å²) in [5, 5.41) is 0. The largest absolute Gasteiger partial charge is 0.497 e. The summed E-state index contributed by atoms with van der Waals surface area (Å²) in [7, 11) is 1.66. The third kappa shape index (κ3) is 5.33. The van der Waals surface area contributed by atoms with Gasteiger partial charge in [-0.3, -0.25) is 4.79 Å². The maximum absolute atomic E-state index is 12.7. The molecule has 0 atom stereocenters. The van der Waals surface area contributed by atoms with Crippen LogP contribution in [-0.2, 0) is 5.41 Å². The van der Waals surface area contributed by atoms with Crippen molar-refractivity contribution in [1.29, 1.82) is 0 Å². The molecule has 0 aliphatic heterocycles. The molecule has 0 N–H and O–H groups in total. The molecule has 0 spiro atoms. The van der Waals surface area contributed by atoms with Crippen molar-refractivity contribution in [2.24, 2.45) is 0 Å². The number of benzene rings is 4. The second kappa shape index (κ2) is 9.98. The molecule has 0 bridgehead atoms. The van der Waals surface area contributed by atoms with Gasteiger partial charge in [0.15, 0.2) is 5.78 Å². The predicted octanol–water partition coefficient (Wildman–Crippen LogP) is 7.11. The minimum absolute atomic E-state index is 0.0342. The molecule has 0 heterocycles. The Balaban J connectivity index is 1.43. The monoisotopic (exact) mass is 464 g/mol. The molecule has 4 heteroatoms. The first-order chi connectivity index (χ1) is 16.8. The van der Waals surface area contributed by atoms with Gasteiger partial charge in [0.25, 0.3) is 0 Å². The number of carbonyl (C=O) groups is 2. The molecule has 4 aromatic rings. The van der Waals surface area contributed by atoms with Gasteiger partial charge < -0.3 is 9.47 Å². The lowest BCUT2D eigenvalue weighted by molar-refractivity contribution is 0.0734. The highest BCUT2D eigenvalue weighted by molar-refractivity contribution is 5.94. The summed E-state index contributed by atoms with van der Waals surface area (Å²) in [4.78, 5) is 24.1. The molecule has 0 saturated heterocycles. The maximum Gasteiger partial charge on any atom is 0.343 e. The van der Waals surface area contributed by atoms with E-state index < -0.39 is 5.97 Å². The number of carbonyl (C=O) groups excluding carboxylic acids is 2. The highest BCUT2D eigenvalue weighted by atomic mass is 16.5. The number of ether oxygens (including phenoxy) is 2. The van der Waals surface area contributed by atoms with E-state index in [2.05, 4.69) is 26.0 Å². The smallest absolute Gasteiger partial charge is 0.343 e. The van der Waals surface area contributed by atoms with Crippen molar-refractivity contribution in [2.75, 3.05) is 7.11 Å². The number of rotatable bonds is 7. The zero-order valence-corrected chi connectivity index (χ0v) is 20.4. The summed E-state index contributed by atoms with van der Waals surface area (Å²) >= 11 is 0. The van der Waals surface area contributed by atoms with Crippen molar-refractivity contribution in [1.82, 2.24) is 0 Å². The summed E-state index contributed by atoms with van der Waals surface area (Å²) in [6, 6.07) is 30.3. The molecule has 0 unspecified atom stereocenters. The Hall–Kier alpha value is -4.18. The predicted molar refractivity (Wildman–Crippen MR) is 138 cm³/mol.